The highest BCUT2D eigenvalue weighted by Gasteiger charge is 2.48. The van der Waals surface area contributed by atoms with Crippen LogP contribution >= 0.6 is 23.2 Å². The molecule has 294 valence electrons. The van der Waals surface area contributed by atoms with E-state index < -0.39 is 55.0 Å². The largest absolute Gasteiger partial charge is 0.490 e. The number of hydrogen-bond donors (Lipinski definition) is 6. The second-order valence-corrected chi connectivity index (χ2v) is 15.0. The van der Waals surface area contributed by atoms with Gasteiger partial charge in [0.1, 0.15) is 30.2 Å². The minimum atomic E-state index is -1.85. The third-order valence-electron chi connectivity index (χ3n) is 9.75. The van der Waals surface area contributed by atoms with Crippen LogP contribution < -0.4 is 4.74 Å². The quantitative estimate of drug-likeness (QED) is 0.0815. The average Bonchev–Trinajstić information content (AvgIpc) is 4.10. The highest BCUT2D eigenvalue weighted by Crippen LogP contribution is 2.53. The number of hydrogen-bond acceptors (Lipinski definition) is 11. The van der Waals surface area contributed by atoms with Gasteiger partial charge in [0.2, 0.25) is 5.91 Å². The number of nitrogens with zero attached hydrogens (tertiary/aromatic N) is 3. The van der Waals surface area contributed by atoms with Crippen LogP contribution in [0.2, 0.25) is 10.0 Å². The van der Waals surface area contributed by atoms with E-state index in [0.29, 0.717) is 29.3 Å². The number of ether oxygens (including phenoxy) is 2. The fourth-order valence-electron chi connectivity index (χ4n) is 6.35. The number of aliphatic carboxylic acids is 1. The number of unbranched alkanes of at least 4 members (excludes halogenated alkanes) is 1. The van der Waals surface area contributed by atoms with Crippen molar-refractivity contribution in [3.8, 4) is 16.9 Å². The first-order valence-electron chi connectivity index (χ1n) is 18.1. The summed E-state index contributed by atoms with van der Waals surface area (Å²) in [4.78, 5) is 31.2. The van der Waals surface area contributed by atoms with E-state index in [1.807, 2.05) is 30.5 Å². The maximum Gasteiger partial charge on any atom is 0.317 e. The summed E-state index contributed by atoms with van der Waals surface area (Å²) >= 11 is 13.5. The first-order valence-corrected chi connectivity index (χ1v) is 18.9. The van der Waals surface area contributed by atoms with Crippen molar-refractivity contribution < 1.29 is 49.7 Å². The van der Waals surface area contributed by atoms with E-state index in [-0.39, 0.29) is 32.3 Å². The van der Waals surface area contributed by atoms with Gasteiger partial charge in [-0.05, 0) is 92.9 Å². The highest BCUT2D eigenvalue weighted by molar-refractivity contribution is 6.34. The van der Waals surface area contributed by atoms with Crippen LogP contribution in [0.25, 0.3) is 11.1 Å². The molecule has 15 heteroatoms. The van der Waals surface area contributed by atoms with E-state index in [9.17, 15) is 30.0 Å². The first-order chi connectivity index (χ1) is 25.8. The third-order valence-corrected chi connectivity index (χ3v) is 10.5. The molecule has 4 atom stereocenters. The zero-order valence-electron chi connectivity index (χ0n) is 30.2. The molecule has 1 aromatic heterocycles. The van der Waals surface area contributed by atoms with Crippen LogP contribution in [-0.2, 0) is 33.0 Å². The number of carbonyl (C=O) groups excluding carboxylic acids is 1. The summed E-state index contributed by atoms with van der Waals surface area (Å²) in [6, 6.07) is 13.6. The van der Waals surface area contributed by atoms with Gasteiger partial charge in [0.25, 0.3) is 0 Å². The molecular formula is C39H49Cl2N3O10. The van der Waals surface area contributed by atoms with Crippen molar-refractivity contribution in [2.75, 3.05) is 39.8 Å². The number of aryl methyl sites for hydroxylation is 1. The molecule has 3 aromatic rings. The molecule has 54 heavy (non-hydrogen) atoms. The van der Waals surface area contributed by atoms with E-state index in [0.717, 1.165) is 59.3 Å². The molecule has 0 bridgehead atoms. The smallest absolute Gasteiger partial charge is 0.317 e. The number of aliphatic hydroxyl groups excluding tert-OH is 5. The van der Waals surface area contributed by atoms with E-state index in [1.54, 1.807) is 18.3 Å². The summed E-state index contributed by atoms with van der Waals surface area (Å²) in [6.07, 6.45) is 2.15. The minimum absolute atomic E-state index is 0.134. The lowest BCUT2D eigenvalue weighted by Gasteiger charge is -2.31. The standard InChI is InChI=1S/C39H49Cl2N3O10/c1-43(21-36(49)50)20-35(48)44(19-32(46)37(51)38(52)33(47)22-45)15-5-4-6-24-16-31(41)25(17-30(24)40)23-53-39(12-13-39)29-18-42-14-11-27(29)28-7-2-3-8-34(28)54-26-9-10-26/h2-3,7-8,11,14,16-18,26,32-33,37-38,45-47,51-52H,4-6,9-10,12-13,15,19-23H2,1H3,(H,49,50)/t32-,33+,37+,38+/m0/s1. The molecule has 2 aliphatic carbocycles. The lowest BCUT2D eigenvalue weighted by Crippen LogP contribution is -2.52. The average molecular weight is 791 g/mol. The topological polar surface area (TPSA) is 193 Å². The summed E-state index contributed by atoms with van der Waals surface area (Å²) in [6.45, 7) is -1.53. The normalized spacial score (nSPS) is 17.1. The van der Waals surface area contributed by atoms with Gasteiger partial charge in [0.15, 0.2) is 0 Å². The number of likely N-dealkylation sites (N-methyl/N-ethyl adjacent to an activating group) is 1. The molecule has 2 fully saturated rings. The molecule has 0 spiro atoms. The fourth-order valence-corrected chi connectivity index (χ4v) is 6.87. The molecule has 1 amide bonds. The van der Waals surface area contributed by atoms with E-state index >= 15 is 0 Å². The summed E-state index contributed by atoms with van der Waals surface area (Å²) < 4.78 is 12.8. The Hall–Kier alpha value is -3.37. The molecule has 13 nitrogen and oxygen atoms in total. The Morgan fingerprint density at radius 1 is 0.944 bits per heavy atom. The molecule has 1 heterocycles. The highest BCUT2D eigenvalue weighted by atomic mass is 35.5. The predicted octanol–water partition coefficient (Wildman–Crippen LogP) is 3.41. The number of para-hydroxylation sites is 1. The Kier molecular flexibility index (Phi) is 14.7. The second-order valence-electron chi connectivity index (χ2n) is 14.2. The number of aromatic nitrogens is 1. The Morgan fingerprint density at radius 2 is 1.63 bits per heavy atom. The molecule has 0 aliphatic heterocycles. The van der Waals surface area contributed by atoms with Crippen LogP contribution in [0.5, 0.6) is 5.75 Å². The van der Waals surface area contributed by atoms with Crippen LogP contribution in [-0.4, -0.2) is 128 Å². The molecule has 0 saturated heterocycles. The number of halogens is 2. The Labute approximate surface area is 324 Å². The van der Waals surface area contributed by atoms with Gasteiger partial charge in [-0.3, -0.25) is 19.5 Å². The number of carboxylic acid groups (broad SMARTS) is 1. The fraction of sp³-hybridized carbons (Fsp3) is 0.513. The third kappa shape index (κ3) is 11.1. The van der Waals surface area contributed by atoms with Crippen LogP contribution in [0.3, 0.4) is 0 Å². The SMILES string of the molecule is CN(CC(=O)O)CC(=O)N(CCCCc1cc(Cl)c(COC2(c3cnccc3-c3ccccc3OC3CC3)CC2)cc1Cl)C[C@H](O)[C@@H](O)[C@H](O)[C@H](O)CO. The maximum atomic E-state index is 13.1. The van der Waals surface area contributed by atoms with E-state index in [4.69, 9.17) is 42.9 Å². The summed E-state index contributed by atoms with van der Waals surface area (Å²) in [7, 11) is 1.46. The van der Waals surface area contributed by atoms with Gasteiger partial charge in [-0.2, -0.15) is 0 Å². The molecule has 6 N–H and O–H groups in total. The van der Waals surface area contributed by atoms with Gasteiger partial charge < -0.3 is 45.0 Å². The van der Waals surface area contributed by atoms with Crippen molar-refractivity contribution in [2.45, 2.75) is 87.7 Å². The Balaban J connectivity index is 1.19. The van der Waals surface area contributed by atoms with Crippen molar-refractivity contribution in [1.82, 2.24) is 14.8 Å². The maximum absolute atomic E-state index is 13.1. The summed E-state index contributed by atoms with van der Waals surface area (Å²) in [5.74, 6) is -0.773. The van der Waals surface area contributed by atoms with Crippen LogP contribution in [0, 0.1) is 0 Å². The molecule has 5 rings (SSSR count). The monoisotopic (exact) mass is 789 g/mol. The van der Waals surface area contributed by atoms with E-state index in [1.165, 1.54) is 16.8 Å². The lowest BCUT2D eigenvalue weighted by atomic mass is 9.96. The van der Waals surface area contributed by atoms with Crippen molar-refractivity contribution in [3.63, 3.8) is 0 Å². The van der Waals surface area contributed by atoms with Gasteiger partial charge in [0, 0.05) is 46.7 Å². The number of carboxylic acids is 1. The number of amides is 1. The predicted molar refractivity (Wildman–Crippen MR) is 201 cm³/mol. The van der Waals surface area contributed by atoms with Crippen LogP contribution in [0.1, 0.15) is 55.2 Å². The molecule has 2 aliphatic rings. The molecular weight excluding hydrogens is 741 g/mol. The van der Waals surface area contributed by atoms with Gasteiger partial charge >= 0.3 is 5.97 Å². The Bertz CT molecular complexity index is 1740. The molecule has 2 aromatic carbocycles. The number of carbonyl (C=O) groups is 2. The zero-order valence-corrected chi connectivity index (χ0v) is 31.7. The number of rotatable bonds is 22. The van der Waals surface area contributed by atoms with Crippen molar-refractivity contribution >= 4 is 35.1 Å². The van der Waals surface area contributed by atoms with Crippen LogP contribution in [0.4, 0.5) is 0 Å². The Morgan fingerprint density at radius 3 is 2.31 bits per heavy atom. The first kappa shape index (κ1) is 41.8. The number of aliphatic hydroxyl groups is 5. The number of benzene rings is 2. The second kappa shape index (κ2) is 19.0. The van der Waals surface area contributed by atoms with Gasteiger partial charge in [0.05, 0.1) is 38.0 Å². The van der Waals surface area contributed by atoms with Crippen molar-refractivity contribution in [3.05, 3.63) is 81.6 Å². The van der Waals surface area contributed by atoms with Gasteiger partial charge in [-0.25, -0.2) is 0 Å². The van der Waals surface area contributed by atoms with Gasteiger partial charge in [-0.15, -0.1) is 0 Å². The number of pyridine rings is 1. The minimum Gasteiger partial charge on any atom is -0.490 e. The molecule has 0 unspecified atom stereocenters. The summed E-state index contributed by atoms with van der Waals surface area (Å²) in [5, 5.41) is 59.8. The van der Waals surface area contributed by atoms with E-state index in [2.05, 4.69) is 11.1 Å². The van der Waals surface area contributed by atoms with Crippen LogP contribution in [0.15, 0.2) is 54.9 Å². The summed E-state index contributed by atoms with van der Waals surface area (Å²) in [5.41, 5.74) is 4.04. The van der Waals surface area contributed by atoms with Crippen molar-refractivity contribution in [2.24, 2.45) is 0 Å². The van der Waals surface area contributed by atoms with Gasteiger partial charge in [-0.1, -0.05) is 41.4 Å². The molecule has 0 radical (unpaired) electrons. The van der Waals surface area contributed by atoms with Crippen molar-refractivity contribution in [1.29, 1.82) is 0 Å². The lowest BCUT2D eigenvalue weighted by molar-refractivity contribution is -0.142. The molecule has 2 saturated carbocycles. The zero-order chi connectivity index (χ0) is 39.0.